The molecule has 0 aromatic rings. The third-order valence-electron chi connectivity index (χ3n) is 0.553. The Kier molecular flexibility index (Phi) is 3.61. The minimum absolute atomic E-state index is 0.316. The molecule has 0 aliphatic heterocycles. The predicted molar refractivity (Wildman–Crippen MR) is 25.8 cm³/mol. The molecule has 0 aromatic carbocycles. The van der Waals surface area contributed by atoms with Gasteiger partial charge in [-0.15, -0.1) is 0 Å². The molecule has 0 N–H and O–H groups in total. The van der Waals surface area contributed by atoms with Crippen molar-refractivity contribution in [3.05, 3.63) is 6.92 Å². The van der Waals surface area contributed by atoms with E-state index in [9.17, 15) is 4.79 Å². The number of rotatable bonds is 3. The van der Waals surface area contributed by atoms with E-state index >= 15 is 0 Å². The van der Waals surface area contributed by atoms with Gasteiger partial charge < -0.3 is 4.74 Å². The summed E-state index contributed by atoms with van der Waals surface area (Å²) in [4.78, 5) is 9.90. The van der Waals surface area contributed by atoms with Crippen LogP contribution in [0.1, 0.15) is 6.42 Å². The zero-order valence-electron chi connectivity index (χ0n) is 4.31. The molecule has 0 heterocycles. The number of ketones is 1. The van der Waals surface area contributed by atoms with E-state index in [1.54, 1.807) is 0 Å². The molecule has 0 bridgehead atoms. The topological polar surface area (TPSA) is 26.3 Å². The smallest absolute Gasteiger partial charge is 0.139 e. The fourth-order valence-corrected chi connectivity index (χ4v) is 0.203. The number of carbonyl (C=O) groups excluding carboxylic acids is 1. The predicted octanol–water partition coefficient (Wildman–Crippen LogP) is 0.303. The second-order valence-corrected chi connectivity index (χ2v) is 1.21. The van der Waals surface area contributed by atoms with E-state index in [0.717, 1.165) is 0 Å². The summed E-state index contributed by atoms with van der Waals surface area (Å²) in [5, 5.41) is 0. The van der Waals surface area contributed by atoms with E-state index in [0.29, 0.717) is 13.0 Å². The van der Waals surface area contributed by atoms with Crippen LogP contribution in [0.2, 0.25) is 0 Å². The summed E-state index contributed by atoms with van der Waals surface area (Å²) in [6, 6.07) is 0. The number of ether oxygens (including phenoxy) is 1. The first kappa shape index (κ1) is 6.63. The second-order valence-electron chi connectivity index (χ2n) is 1.21. The highest BCUT2D eigenvalue weighted by Gasteiger charge is 1.88. The maximum absolute atomic E-state index is 9.90. The lowest BCUT2D eigenvalue weighted by Gasteiger charge is -1.89. The first-order valence-electron chi connectivity index (χ1n) is 2.04. The monoisotopic (exact) mass is 100 g/mol. The fraction of sp³-hybridized carbons (Fsp3) is 0.600. The minimum Gasteiger partial charge on any atom is -0.384 e. The Morgan fingerprint density at radius 2 is 2.43 bits per heavy atom. The first-order chi connectivity index (χ1) is 3.27. The average Bonchev–Trinajstić information content (AvgIpc) is 1.61. The van der Waals surface area contributed by atoms with Gasteiger partial charge in [-0.3, -0.25) is 4.79 Å². The van der Waals surface area contributed by atoms with Crippen LogP contribution in [0.25, 0.3) is 0 Å². The molecule has 0 aliphatic carbocycles. The van der Waals surface area contributed by atoms with Crippen molar-refractivity contribution in [1.29, 1.82) is 0 Å². The van der Waals surface area contributed by atoms with Crippen molar-refractivity contribution in [2.45, 2.75) is 6.42 Å². The van der Waals surface area contributed by atoms with Gasteiger partial charge in [0.1, 0.15) is 5.78 Å². The van der Waals surface area contributed by atoms with Crippen LogP contribution in [0.3, 0.4) is 0 Å². The van der Waals surface area contributed by atoms with Gasteiger partial charge in [-0.2, -0.15) is 0 Å². The number of methoxy groups -OCH3 is 1. The van der Waals surface area contributed by atoms with Gasteiger partial charge in [-0.1, -0.05) is 0 Å². The molecule has 0 spiro atoms. The lowest BCUT2D eigenvalue weighted by atomic mass is 10.3. The second kappa shape index (κ2) is 3.81. The minimum atomic E-state index is -0.318. The number of carbonyl (C=O) groups is 1. The standard InChI is InChI=1S/C5H8O2/c1-5(6)3-4-7-2/h1H,3-4H2,2H3. The number of hydrogen-bond donors (Lipinski definition) is 0. The summed E-state index contributed by atoms with van der Waals surface area (Å²) in [5.74, 6) is -0.318. The van der Waals surface area contributed by atoms with Crippen LogP contribution in [0.5, 0.6) is 0 Å². The molecule has 7 heavy (non-hydrogen) atoms. The lowest BCUT2D eigenvalue weighted by molar-refractivity contribution is -0.115. The van der Waals surface area contributed by atoms with Gasteiger partial charge in [0.05, 0.1) is 6.61 Å². The van der Waals surface area contributed by atoms with Crippen LogP contribution < -0.4 is 0 Å². The largest absolute Gasteiger partial charge is 0.384 e. The Morgan fingerprint density at radius 1 is 1.86 bits per heavy atom. The lowest BCUT2D eigenvalue weighted by Crippen LogP contribution is -1.96. The van der Waals surface area contributed by atoms with Gasteiger partial charge in [0, 0.05) is 20.5 Å². The molecule has 0 aromatic heterocycles. The normalized spacial score (nSPS) is 8.86. The van der Waals surface area contributed by atoms with E-state index < -0.39 is 0 Å². The molecular formula is C5H8O2. The van der Waals surface area contributed by atoms with Crippen LogP contribution in [0, 0.1) is 6.92 Å². The zero-order valence-corrected chi connectivity index (χ0v) is 4.31. The van der Waals surface area contributed by atoms with Gasteiger partial charge in [0.25, 0.3) is 0 Å². The summed E-state index contributed by atoms with van der Waals surface area (Å²) < 4.78 is 4.55. The molecular weight excluding hydrogens is 92.1 g/mol. The van der Waals surface area contributed by atoms with Crippen LogP contribution in [0.4, 0.5) is 0 Å². The molecule has 0 saturated carbocycles. The Labute approximate surface area is 43.5 Å². The van der Waals surface area contributed by atoms with E-state index in [1.807, 2.05) is 0 Å². The van der Waals surface area contributed by atoms with Gasteiger partial charge in [0.15, 0.2) is 0 Å². The van der Waals surface area contributed by atoms with Gasteiger partial charge in [0.2, 0.25) is 0 Å². The molecule has 0 saturated heterocycles. The Hall–Kier alpha value is -0.370. The SMILES string of the molecule is [CH]C(=O)CCOC. The third-order valence-corrected chi connectivity index (χ3v) is 0.553. The molecule has 0 aliphatic rings. The van der Waals surface area contributed by atoms with Crippen molar-refractivity contribution in [2.75, 3.05) is 13.7 Å². The highest BCUT2D eigenvalue weighted by molar-refractivity contribution is 5.82. The maximum atomic E-state index is 9.90. The van der Waals surface area contributed by atoms with E-state index in [2.05, 4.69) is 4.74 Å². The summed E-state index contributed by atoms with van der Waals surface area (Å²) in [6.45, 7) is 5.19. The van der Waals surface area contributed by atoms with Crippen LogP contribution in [-0.4, -0.2) is 19.5 Å². The third kappa shape index (κ3) is 5.63. The van der Waals surface area contributed by atoms with Crippen molar-refractivity contribution >= 4 is 5.78 Å². The Morgan fingerprint density at radius 3 is 2.57 bits per heavy atom. The highest BCUT2D eigenvalue weighted by atomic mass is 16.5. The average molecular weight is 100 g/mol. The van der Waals surface area contributed by atoms with Crippen molar-refractivity contribution in [2.24, 2.45) is 0 Å². The zero-order chi connectivity index (χ0) is 5.70. The molecule has 0 fully saturated rings. The molecule has 0 rings (SSSR count). The fourth-order valence-electron chi connectivity index (χ4n) is 0.203. The van der Waals surface area contributed by atoms with Crippen LogP contribution >= 0.6 is 0 Å². The maximum Gasteiger partial charge on any atom is 0.139 e. The van der Waals surface area contributed by atoms with Gasteiger partial charge in [-0.05, 0) is 0 Å². The van der Waals surface area contributed by atoms with Crippen LogP contribution in [-0.2, 0) is 9.53 Å². The Bertz CT molecular complexity index is 59.1. The summed E-state index contributed by atoms with van der Waals surface area (Å²) in [5.41, 5.74) is 0. The van der Waals surface area contributed by atoms with Crippen molar-refractivity contribution < 1.29 is 9.53 Å². The molecule has 0 unspecified atom stereocenters. The molecule has 40 valence electrons. The van der Waals surface area contributed by atoms with Crippen LogP contribution in [0.15, 0.2) is 0 Å². The van der Waals surface area contributed by atoms with E-state index in [4.69, 9.17) is 6.92 Å². The highest BCUT2D eigenvalue weighted by Crippen LogP contribution is 1.78. The number of Topliss-reactive ketones (excluding diaryl/α,β-unsaturated/α-hetero) is 1. The van der Waals surface area contributed by atoms with Gasteiger partial charge >= 0.3 is 0 Å². The summed E-state index contributed by atoms with van der Waals surface area (Å²) >= 11 is 0. The summed E-state index contributed by atoms with van der Waals surface area (Å²) in [6.07, 6.45) is 0.316. The van der Waals surface area contributed by atoms with E-state index in [1.165, 1.54) is 7.11 Å². The first-order valence-corrected chi connectivity index (χ1v) is 2.04. The molecule has 2 radical (unpaired) electrons. The van der Waals surface area contributed by atoms with Gasteiger partial charge in [-0.25, -0.2) is 0 Å². The van der Waals surface area contributed by atoms with Crippen molar-refractivity contribution in [3.63, 3.8) is 0 Å². The molecule has 2 heteroatoms. The quantitative estimate of drug-likeness (QED) is 0.510. The van der Waals surface area contributed by atoms with Crippen molar-refractivity contribution in [3.8, 4) is 0 Å². The molecule has 2 nitrogen and oxygen atoms in total. The Balaban J connectivity index is 2.82. The molecule has 0 amide bonds. The molecule has 0 atom stereocenters. The number of hydrogen-bond acceptors (Lipinski definition) is 2. The van der Waals surface area contributed by atoms with Crippen molar-refractivity contribution in [1.82, 2.24) is 0 Å². The van der Waals surface area contributed by atoms with E-state index in [-0.39, 0.29) is 5.78 Å². The summed E-state index contributed by atoms with van der Waals surface area (Å²) in [7, 11) is 1.53.